The molecule has 1 saturated heterocycles. The van der Waals surface area contributed by atoms with Crippen LogP contribution in [0.1, 0.15) is 79.7 Å². The van der Waals surface area contributed by atoms with Crippen LogP contribution in [-0.2, 0) is 49.2 Å². The molecule has 354 valence electrons. The summed E-state index contributed by atoms with van der Waals surface area (Å²) in [5.41, 5.74) is 2.62. The second-order valence-corrected chi connectivity index (χ2v) is 17.3. The van der Waals surface area contributed by atoms with Crippen LogP contribution in [-0.4, -0.2) is 152 Å². The molecule has 1 aliphatic heterocycles. The number of hydrogen-bond acceptors (Lipinski definition) is 12. The Hall–Kier alpha value is -3.53. The molecule has 14 heteroatoms. The molecule has 0 unspecified atom stereocenters. The van der Waals surface area contributed by atoms with Crippen molar-refractivity contribution in [3.8, 4) is 0 Å². The van der Waals surface area contributed by atoms with Gasteiger partial charge in [0, 0.05) is 59.2 Å². The summed E-state index contributed by atoms with van der Waals surface area (Å²) in [5, 5.41) is 9.44. The van der Waals surface area contributed by atoms with Gasteiger partial charge < -0.3 is 54.2 Å². The Morgan fingerprint density at radius 1 is 0.839 bits per heavy atom. The summed E-state index contributed by atoms with van der Waals surface area (Å²) in [5.74, 6) is -1.04. The van der Waals surface area contributed by atoms with Gasteiger partial charge in [-0.1, -0.05) is 98.4 Å². The number of hydrogen-bond donors (Lipinski definition) is 3. The van der Waals surface area contributed by atoms with E-state index in [1.54, 1.807) is 21.3 Å². The van der Waals surface area contributed by atoms with Gasteiger partial charge in [0.25, 0.3) is 0 Å². The summed E-state index contributed by atoms with van der Waals surface area (Å²) < 4.78 is 34.0. The van der Waals surface area contributed by atoms with Gasteiger partial charge in [0.05, 0.1) is 75.3 Å². The highest BCUT2D eigenvalue weighted by molar-refractivity contribution is 5.86. The summed E-state index contributed by atoms with van der Waals surface area (Å²) in [4.78, 5) is 45.4. The molecule has 0 radical (unpaired) electrons. The van der Waals surface area contributed by atoms with E-state index in [-0.39, 0.29) is 79.5 Å². The van der Waals surface area contributed by atoms with Crippen LogP contribution in [0.3, 0.4) is 0 Å². The lowest BCUT2D eigenvalue weighted by molar-refractivity contribution is -0.150. The molecule has 1 aromatic carbocycles. The van der Waals surface area contributed by atoms with Crippen molar-refractivity contribution in [2.24, 2.45) is 23.7 Å². The third-order valence-electron chi connectivity index (χ3n) is 12.3. The zero-order valence-corrected chi connectivity index (χ0v) is 40.2. The second-order valence-electron chi connectivity index (χ2n) is 17.3. The number of carbonyl (C=O) groups is 3. The molecule has 1 fully saturated rings. The molecule has 0 aliphatic carbocycles. The van der Waals surface area contributed by atoms with E-state index in [0.717, 1.165) is 42.8 Å². The van der Waals surface area contributed by atoms with Gasteiger partial charge >= 0.3 is 5.97 Å². The smallest absolute Gasteiger partial charge is 0.329 e. The molecule has 62 heavy (non-hydrogen) atoms. The van der Waals surface area contributed by atoms with Gasteiger partial charge in [0.1, 0.15) is 12.6 Å². The Bertz CT molecular complexity index is 1480. The van der Waals surface area contributed by atoms with E-state index in [4.69, 9.17) is 28.4 Å². The Labute approximate surface area is 374 Å². The summed E-state index contributed by atoms with van der Waals surface area (Å²) in [7, 11) is 8.84. The number of likely N-dealkylation sites (N-methyl/N-ethyl adjacent to an activating group) is 2. The number of esters is 1. The molecule has 1 aromatic rings. The molecular weight excluding hydrogens is 791 g/mol. The van der Waals surface area contributed by atoms with Crippen molar-refractivity contribution in [2.45, 2.75) is 123 Å². The fraction of sp³-hybridized carbons (Fsp3) is 0.729. The predicted molar refractivity (Wildman–Crippen MR) is 245 cm³/mol. The average molecular weight is 874 g/mol. The van der Waals surface area contributed by atoms with E-state index >= 15 is 0 Å². The SMILES string of the molecule is C=C([C@@H](NC(=O)[C@@H](NC)C(C)C)C(C)C)N(C)[C@@H]([C@@H](C)CC)[C@@H](CC(=C)N1CCC[C@H]1[C@H](OC)[C@@H](C)C(=O)N[C@@H](Cc1ccccc1)C(=O)OCCOCCOCCOC)OC. The maximum atomic E-state index is 14.1. The summed E-state index contributed by atoms with van der Waals surface area (Å²) in [6.07, 6.45) is 2.70. The molecule has 1 aliphatic rings. The Morgan fingerprint density at radius 2 is 1.45 bits per heavy atom. The first kappa shape index (κ1) is 54.6. The molecule has 9 atom stereocenters. The van der Waals surface area contributed by atoms with Crippen LogP contribution in [0.5, 0.6) is 0 Å². The number of methoxy groups -OCH3 is 3. The van der Waals surface area contributed by atoms with Gasteiger partial charge in [0.15, 0.2) is 0 Å². The van der Waals surface area contributed by atoms with Crippen molar-refractivity contribution in [1.82, 2.24) is 25.8 Å². The van der Waals surface area contributed by atoms with E-state index in [2.05, 4.69) is 66.6 Å². The topological polar surface area (TPSA) is 149 Å². The summed E-state index contributed by atoms with van der Waals surface area (Å²) in [6, 6.07) is 7.83. The van der Waals surface area contributed by atoms with Crippen molar-refractivity contribution in [1.29, 1.82) is 0 Å². The van der Waals surface area contributed by atoms with Gasteiger partial charge in [-0.05, 0) is 43.2 Å². The highest BCUT2D eigenvalue weighted by atomic mass is 16.6. The third kappa shape index (κ3) is 16.9. The number of amides is 2. The Balaban J connectivity index is 2.22. The van der Waals surface area contributed by atoms with E-state index in [0.29, 0.717) is 32.8 Å². The van der Waals surface area contributed by atoms with Gasteiger partial charge in [-0.3, -0.25) is 9.59 Å². The molecule has 0 aromatic heterocycles. The highest BCUT2D eigenvalue weighted by Crippen LogP contribution is 2.34. The van der Waals surface area contributed by atoms with E-state index < -0.39 is 24.0 Å². The van der Waals surface area contributed by atoms with Crippen molar-refractivity contribution < 1.29 is 42.8 Å². The number of benzene rings is 1. The number of nitrogens with one attached hydrogen (secondary N) is 3. The monoisotopic (exact) mass is 874 g/mol. The van der Waals surface area contributed by atoms with Gasteiger partial charge in [-0.2, -0.15) is 0 Å². The fourth-order valence-corrected chi connectivity index (χ4v) is 8.47. The molecule has 0 saturated carbocycles. The number of likely N-dealkylation sites (tertiary alicyclic amines) is 1. The molecule has 0 bridgehead atoms. The standard InChI is InChI=1S/C48H83N5O9/c1-15-34(6)44(52(11)37(9)42(32(2)3)51-47(55)43(49-10)33(4)5)41(58-13)30-35(7)53-23-19-22-40(53)45(59-14)36(8)46(54)50-39(31-38-20-17-16-18-21-38)48(56)62-29-28-61-27-26-60-25-24-57-12/h16-18,20-21,32-34,36,39-45,49H,7,9,15,19,22-31H2,1-6,8,10-14H3,(H,50,54)(H,51,55)/t34-,36+,39-,40-,41+,42-,43-,44-,45+/m0/s1. The lowest BCUT2D eigenvalue weighted by Crippen LogP contribution is -2.55. The van der Waals surface area contributed by atoms with Gasteiger partial charge in [-0.25, -0.2) is 4.79 Å². The first-order chi connectivity index (χ1) is 29.6. The lowest BCUT2D eigenvalue weighted by Gasteiger charge is -2.44. The first-order valence-electron chi connectivity index (χ1n) is 22.6. The summed E-state index contributed by atoms with van der Waals surface area (Å²) >= 11 is 0. The lowest BCUT2D eigenvalue weighted by atomic mass is 9.88. The highest BCUT2D eigenvalue weighted by Gasteiger charge is 2.41. The number of nitrogens with zero attached hydrogens (tertiary/aromatic N) is 2. The normalized spacial score (nSPS) is 18.0. The van der Waals surface area contributed by atoms with Crippen molar-refractivity contribution in [2.75, 3.05) is 81.6 Å². The minimum absolute atomic E-state index is 0.0436. The van der Waals surface area contributed by atoms with E-state index in [1.807, 2.05) is 65.2 Å². The van der Waals surface area contributed by atoms with Crippen LogP contribution in [0.4, 0.5) is 0 Å². The molecule has 0 spiro atoms. The van der Waals surface area contributed by atoms with Crippen LogP contribution in [0.15, 0.2) is 54.9 Å². The van der Waals surface area contributed by atoms with E-state index in [1.165, 1.54) is 0 Å². The molecule has 2 amide bonds. The van der Waals surface area contributed by atoms with Crippen LogP contribution in [0.25, 0.3) is 0 Å². The van der Waals surface area contributed by atoms with Crippen LogP contribution >= 0.6 is 0 Å². The molecule has 2 rings (SSSR count). The maximum Gasteiger partial charge on any atom is 0.329 e. The van der Waals surface area contributed by atoms with Gasteiger partial charge in [0.2, 0.25) is 11.8 Å². The second kappa shape index (κ2) is 29.0. The summed E-state index contributed by atoms with van der Waals surface area (Å²) in [6.45, 7) is 26.4. The van der Waals surface area contributed by atoms with E-state index in [9.17, 15) is 14.4 Å². The van der Waals surface area contributed by atoms with Crippen molar-refractivity contribution in [3.05, 3.63) is 60.4 Å². The van der Waals surface area contributed by atoms with Crippen molar-refractivity contribution >= 4 is 17.8 Å². The molecule has 14 nitrogen and oxygen atoms in total. The number of rotatable bonds is 32. The predicted octanol–water partition coefficient (Wildman–Crippen LogP) is 5.22. The molecule has 3 N–H and O–H groups in total. The van der Waals surface area contributed by atoms with Crippen LogP contribution in [0, 0.1) is 23.7 Å². The quantitative estimate of drug-likeness (QED) is 0.0645. The Kier molecular flexibility index (Phi) is 25.6. The van der Waals surface area contributed by atoms with Crippen molar-refractivity contribution in [3.63, 3.8) is 0 Å². The maximum absolute atomic E-state index is 14.1. The third-order valence-corrected chi connectivity index (χ3v) is 12.3. The fourth-order valence-electron chi connectivity index (χ4n) is 8.47. The largest absolute Gasteiger partial charge is 0.462 e. The molecule has 1 heterocycles. The zero-order chi connectivity index (χ0) is 46.4. The number of carbonyl (C=O) groups excluding carboxylic acids is 3. The average Bonchev–Trinajstić information content (AvgIpc) is 3.74. The van der Waals surface area contributed by atoms with Crippen LogP contribution < -0.4 is 16.0 Å². The minimum atomic E-state index is -0.910. The minimum Gasteiger partial charge on any atom is -0.462 e. The molecular formula is C48H83N5O9. The van der Waals surface area contributed by atoms with Crippen LogP contribution in [0.2, 0.25) is 0 Å². The number of ether oxygens (including phenoxy) is 6. The first-order valence-corrected chi connectivity index (χ1v) is 22.6. The Morgan fingerprint density at radius 3 is 2.00 bits per heavy atom. The zero-order valence-electron chi connectivity index (χ0n) is 40.2. The van der Waals surface area contributed by atoms with Gasteiger partial charge in [-0.15, -0.1) is 0 Å².